The predicted molar refractivity (Wildman–Crippen MR) is 105 cm³/mol. The minimum absolute atomic E-state index is 0.105. The number of thiazole rings is 1. The van der Waals surface area contributed by atoms with Crippen LogP contribution in [0, 0.1) is 0 Å². The average Bonchev–Trinajstić information content (AvgIpc) is 3.33. The van der Waals surface area contributed by atoms with Crippen LogP contribution in [0.1, 0.15) is 21.9 Å². The molecule has 26 heavy (non-hydrogen) atoms. The van der Waals surface area contributed by atoms with Crippen molar-refractivity contribution in [2.45, 2.75) is 17.2 Å². The molecule has 2 aromatic carbocycles. The lowest BCUT2D eigenvalue weighted by Gasteiger charge is -2.08. The van der Waals surface area contributed by atoms with Crippen molar-refractivity contribution in [1.82, 2.24) is 20.3 Å². The Morgan fingerprint density at radius 1 is 1.15 bits per heavy atom. The fraction of sp³-hybridized carbons (Fsp3) is 0.105. The van der Waals surface area contributed by atoms with Gasteiger partial charge >= 0.3 is 0 Å². The smallest absolute Gasteiger partial charge is 0.252 e. The molecule has 0 saturated heterocycles. The Morgan fingerprint density at radius 2 is 2.00 bits per heavy atom. The van der Waals surface area contributed by atoms with Crippen LogP contribution >= 0.6 is 23.1 Å². The largest absolute Gasteiger partial charge is 0.345 e. The second kappa shape index (κ2) is 7.72. The molecule has 4 aromatic rings. The van der Waals surface area contributed by atoms with Crippen LogP contribution in [0.2, 0.25) is 0 Å². The van der Waals surface area contributed by atoms with Crippen molar-refractivity contribution in [2.75, 3.05) is 0 Å². The molecule has 2 heterocycles. The highest BCUT2D eigenvalue weighted by atomic mass is 32.2. The molecule has 0 aliphatic carbocycles. The summed E-state index contributed by atoms with van der Waals surface area (Å²) < 4.78 is 0. The first-order valence-electron chi connectivity index (χ1n) is 8.10. The number of benzene rings is 2. The number of aromatic nitrogens is 3. The van der Waals surface area contributed by atoms with Crippen molar-refractivity contribution in [1.29, 1.82) is 0 Å². The minimum atomic E-state index is -0.105. The van der Waals surface area contributed by atoms with Gasteiger partial charge in [0, 0.05) is 16.0 Å². The Kier molecular flexibility index (Phi) is 4.99. The zero-order valence-electron chi connectivity index (χ0n) is 13.8. The van der Waals surface area contributed by atoms with Gasteiger partial charge in [-0.1, -0.05) is 24.3 Å². The predicted octanol–water partition coefficient (Wildman–Crippen LogP) is 4.24. The van der Waals surface area contributed by atoms with Crippen molar-refractivity contribution < 1.29 is 4.79 Å². The normalized spacial score (nSPS) is 10.9. The van der Waals surface area contributed by atoms with E-state index in [2.05, 4.69) is 20.3 Å². The zero-order valence-corrected chi connectivity index (χ0v) is 15.4. The fourth-order valence-corrected chi connectivity index (χ4v) is 4.21. The monoisotopic (exact) mass is 380 g/mol. The number of rotatable bonds is 6. The van der Waals surface area contributed by atoms with Gasteiger partial charge in [-0.3, -0.25) is 4.79 Å². The third-order valence-corrected chi connectivity index (χ3v) is 5.59. The summed E-state index contributed by atoms with van der Waals surface area (Å²) in [7, 11) is 0. The Labute approximate surface area is 158 Å². The molecule has 0 unspecified atom stereocenters. The lowest BCUT2D eigenvalue weighted by atomic mass is 10.2. The van der Waals surface area contributed by atoms with E-state index in [-0.39, 0.29) is 5.91 Å². The number of amides is 1. The number of nitrogens with zero attached hydrogens (tertiary/aromatic N) is 2. The van der Waals surface area contributed by atoms with Gasteiger partial charge in [0.2, 0.25) is 0 Å². The van der Waals surface area contributed by atoms with Gasteiger partial charge in [0.15, 0.2) is 0 Å². The van der Waals surface area contributed by atoms with E-state index in [0.29, 0.717) is 12.1 Å². The van der Waals surface area contributed by atoms with Gasteiger partial charge in [0.05, 0.1) is 34.3 Å². The van der Waals surface area contributed by atoms with E-state index in [1.807, 2.05) is 59.4 Å². The van der Waals surface area contributed by atoms with Gasteiger partial charge in [0.25, 0.3) is 5.91 Å². The van der Waals surface area contributed by atoms with Gasteiger partial charge in [0.1, 0.15) is 5.82 Å². The van der Waals surface area contributed by atoms with Gasteiger partial charge < -0.3 is 10.3 Å². The standard InChI is InChI=1S/C19H16N4OS2/c24-19(20-9-18-22-15-6-2-3-7-16(15)23-18)14-5-1-4-8-17(14)26-11-13-10-25-12-21-13/h1-8,10,12H,9,11H2,(H,20,24)(H,22,23). The number of hydrogen-bond donors (Lipinski definition) is 2. The highest BCUT2D eigenvalue weighted by Gasteiger charge is 2.12. The summed E-state index contributed by atoms with van der Waals surface area (Å²) in [6.45, 7) is 0.360. The molecule has 2 aromatic heterocycles. The van der Waals surface area contributed by atoms with Crippen LogP contribution in [0.25, 0.3) is 11.0 Å². The van der Waals surface area contributed by atoms with Crippen molar-refractivity contribution >= 4 is 40.0 Å². The molecule has 0 aliphatic rings. The fourth-order valence-electron chi connectivity index (χ4n) is 2.59. The minimum Gasteiger partial charge on any atom is -0.345 e. The molecule has 1 amide bonds. The lowest BCUT2D eigenvalue weighted by Crippen LogP contribution is -2.24. The van der Waals surface area contributed by atoms with Crippen LogP contribution in [0.15, 0.2) is 64.3 Å². The van der Waals surface area contributed by atoms with Crippen LogP contribution in [0.3, 0.4) is 0 Å². The van der Waals surface area contributed by atoms with Crippen molar-refractivity contribution in [3.8, 4) is 0 Å². The molecule has 0 saturated carbocycles. The third kappa shape index (κ3) is 3.79. The quantitative estimate of drug-likeness (QED) is 0.491. The van der Waals surface area contributed by atoms with E-state index < -0.39 is 0 Å². The first kappa shape index (κ1) is 16.8. The number of aromatic amines is 1. The van der Waals surface area contributed by atoms with Crippen LogP contribution in [0.4, 0.5) is 0 Å². The summed E-state index contributed by atoms with van der Waals surface area (Å²) in [5, 5.41) is 4.98. The number of para-hydroxylation sites is 2. The first-order valence-corrected chi connectivity index (χ1v) is 10.0. The number of hydrogen-bond acceptors (Lipinski definition) is 5. The molecule has 0 radical (unpaired) electrons. The van der Waals surface area contributed by atoms with Gasteiger partial charge in [-0.2, -0.15) is 0 Å². The number of H-pyrrole nitrogens is 1. The maximum absolute atomic E-state index is 12.6. The Morgan fingerprint density at radius 3 is 2.85 bits per heavy atom. The molecule has 5 nitrogen and oxygen atoms in total. The molecule has 0 bridgehead atoms. The van der Waals surface area contributed by atoms with Crippen LogP contribution in [-0.4, -0.2) is 20.9 Å². The number of carbonyl (C=O) groups excluding carboxylic acids is 1. The number of fused-ring (bicyclic) bond motifs is 1. The average molecular weight is 380 g/mol. The van der Waals surface area contributed by atoms with Crippen LogP contribution in [0.5, 0.6) is 0 Å². The summed E-state index contributed by atoms with van der Waals surface area (Å²) >= 11 is 3.20. The van der Waals surface area contributed by atoms with E-state index in [9.17, 15) is 4.79 Å². The van der Waals surface area contributed by atoms with E-state index in [4.69, 9.17) is 0 Å². The highest BCUT2D eigenvalue weighted by molar-refractivity contribution is 7.98. The van der Waals surface area contributed by atoms with E-state index >= 15 is 0 Å². The summed E-state index contributed by atoms with van der Waals surface area (Å²) in [5.41, 5.74) is 5.38. The second-order valence-corrected chi connectivity index (χ2v) is 7.38. The highest BCUT2D eigenvalue weighted by Crippen LogP contribution is 2.26. The van der Waals surface area contributed by atoms with E-state index in [0.717, 1.165) is 33.2 Å². The Balaban J connectivity index is 1.44. The molecule has 0 spiro atoms. The topological polar surface area (TPSA) is 70.7 Å². The van der Waals surface area contributed by atoms with Crippen molar-refractivity contribution in [3.63, 3.8) is 0 Å². The van der Waals surface area contributed by atoms with Gasteiger partial charge in [-0.25, -0.2) is 9.97 Å². The lowest BCUT2D eigenvalue weighted by molar-refractivity contribution is 0.0947. The molecule has 7 heteroatoms. The zero-order chi connectivity index (χ0) is 17.8. The Hall–Kier alpha value is -2.64. The summed E-state index contributed by atoms with van der Waals surface area (Å²) in [5.74, 6) is 1.39. The van der Waals surface area contributed by atoms with Gasteiger partial charge in [-0.15, -0.1) is 23.1 Å². The molecule has 0 atom stereocenters. The maximum atomic E-state index is 12.6. The van der Waals surface area contributed by atoms with Gasteiger partial charge in [-0.05, 0) is 24.3 Å². The second-order valence-electron chi connectivity index (χ2n) is 5.65. The first-order chi connectivity index (χ1) is 12.8. The number of thioether (sulfide) groups is 1. The van der Waals surface area contributed by atoms with Crippen LogP contribution in [-0.2, 0) is 12.3 Å². The molecule has 130 valence electrons. The van der Waals surface area contributed by atoms with E-state index in [1.54, 1.807) is 23.1 Å². The molecule has 0 fully saturated rings. The van der Waals surface area contributed by atoms with Crippen LogP contribution < -0.4 is 5.32 Å². The van der Waals surface area contributed by atoms with Crippen molar-refractivity contribution in [3.05, 3.63) is 76.5 Å². The summed E-state index contributed by atoms with van der Waals surface area (Å²) in [6, 6.07) is 15.5. The van der Waals surface area contributed by atoms with Crippen molar-refractivity contribution in [2.24, 2.45) is 0 Å². The molecular weight excluding hydrogens is 364 g/mol. The summed E-state index contributed by atoms with van der Waals surface area (Å²) in [6.07, 6.45) is 0. The summed E-state index contributed by atoms with van der Waals surface area (Å²) in [4.78, 5) is 25.6. The molecule has 2 N–H and O–H groups in total. The molecule has 4 rings (SSSR count). The SMILES string of the molecule is O=C(NCc1nc2ccccc2[nH]1)c1ccccc1SCc1cscn1. The molecule has 0 aliphatic heterocycles. The maximum Gasteiger partial charge on any atom is 0.252 e. The van der Waals surface area contributed by atoms with E-state index in [1.165, 1.54) is 0 Å². The number of nitrogens with one attached hydrogen (secondary N) is 2. The number of carbonyl (C=O) groups is 1. The number of imidazole rings is 1. The Bertz CT molecular complexity index is 994. The third-order valence-electron chi connectivity index (χ3n) is 3.85. The molecular formula is C19H16N4OS2.